The molecule has 0 spiro atoms. The molecular formula is C26H24N2O5. The van der Waals surface area contributed by atoms with Gasteiger partial charge < -0.3 is 19.5 Å². The molecule has 0 saturated heterocycles. The van der Waals surface area contributed by atoms with Crippen LogP contribution in [-0.4, -0.2) is 38.0 Å². The fourth-order valence-electron chi connectivity index (χ4n) is 3.77. The van der Waals surface area contributed by atoms with E-state index in [1.807, 2.05) is 48.5 Å². The molecule has 3 aromatic carbocycles. The maximum absolute atomic E-state index is 13.5. The summed E-state index contributed by atoms with van der Waals surface area (Å²) in [4.78, 5) is 28.2. The maximum atomic E-state index is 13.5. The third-order valence-corrected chi connectivity index (χ3v) is 5.40. The highest BCUT2D eigenvalue weighted by Gasteiger charge is 2.39. The molecular weight excluding hydrogens is 420 g/mol. The quantitative estimate of drug-likeness (QED) is 0.527. The summed E-state index contributed by atoms with van der Waals surface area (Å²) in [5.74, 6) is 0.888. The Morgan fingerprint density at radius 1 is 0.727 bits per heavy atom. The Morgan fingerprint density at radius 3 is 2.09 bits per heavy atom. The SMILES string of the molecule is COc1ccccc1CN1C(=O)C(Nc2ccc(OC)c(OC)c2)=C(c2ccccc2)C1=O. The second-order valence-corrected chi connectivity index (χ2v) is 7.32. The van der Waals surface area contributed by atoms with Crippen LogP contribution in [0.2, 0.25) is 0 Å². The first kappa shape index (κ1) is 22.0. The molecule has 7 nitrogen and oxygen atoms in total. The van der Waals surface area contributed by atoms with Crippen molar-refractivity contribution in [3.05, 3.63) is 89.6 Å². The van der Waals surface area contributed by atoms with E-state index < -0.39 is 5.91 Å². The van der Waals surface area contributed by atoms with Crippen LogP contribution in [0.25, 0.3) is 5.57 Å². The zero-order valence-electron chi connectivity index (χ0n) is 18.6. The number of nitrogens with one attached hydrogen (secondary N) is 1. The molecule has 1 heterocycles. The van der Waals surface area contributed by atoms with Crippen molar-refractivity contribution in [3.63, 3.8) is 0 Å². The van der Waals surface area contributed by atoms with Crippen molar-refractivity contribution >= 4 is 23.1 Å². The largest absolute Gasteiger partial charge is 0.496 e. The van der Waals surface area contributed by atoms with E-state index in [1.165, 1.54) is 12.0 Å². The number of amides is 2. The van der Waals surface area contributed by atoms with Crippen LogP contribution < -0.4 is 19.5 Å². The highest BCUT2D eigenvalue weighted by Crippen LogP contribution is 2.35. The number of nitrogens with zero attached hydrogens (tertiary/aromatic N) is 1. The first-order chi connectivity index (χ1) is 16.1. The van der Waals surface area contributed by atoms with Crippen LogP contribution >= 0.6 is 0 Å². The van der Waals surface area contributed by atoms with Gasteiger partial charge in [-0.15, -0.1) is 0 Å². The van der Waals surface area contributed by atoms with Crippen LogP contribution in [0.1, 0.15) is 11.1 Å². The van der Waals surface area contributed by atoms with Crippen LogP contribution in [0.3, 0.4) is 0 Å². The third kappa shape index (κ3) is 4.25. The van der Waals surface area contributed by atoms with E-state index >= 15 is 0 Å². The fourth-order valence-corrected chi connectivity index (χ4v) is 3.77. The summed E-state index contributed by atoms with van der Waals surface area (Å²) in [6.07, 6.45) is 0. The van der Waals surface area contributed by atoms with Gasteiger partial charge in [0.2, 0.25) is 0 Å². The Kier molecular flexibility index (Phi) is 6.31. The summed E-state index contributed by atoms with van der Waals surface area (Å²) in [7, 11) is 4.65. The molecule has 33 heavy (non-hydrogen) atoms. The molecule has 7 heteroatoms. The molecule has 1 N–H and O–H groups in total. The number of hydrogen-bond acceptors (Lipinski definition) is 6. The van der Waals surface area contributed by atoms with Gasteiger partial charge in [-0.05, 0) is 23.8 Å². The minimum absolute atomic E-state index is 0.0924. The van der Waals surface area contributed by atoms with Crippen LogP contribution in [0, 0.1) is 0 Å². The number of methoxy groups -OCH3 is 3. The summed E-state index contributed by atoms with van der Waals surface area (Å²) in [5.41, 5.74) is 2.50. The minimum Gasteiger partial charge on any atom is -0.496 e. The number of anilines is 1. The highest BCUT2D eigenvalue weighted by atomic mass is 16.5. The van der Waals surface area contributed by atoms with E-state index in [0.29, 0.717) is 34.1 Å². The van der Waals surface area contributed by atoms with Gasteiger partial charge in [0.1, 0.15) is 11.4 Å². The van der Waals surface area contributed by atoms with Crippen molar-refractivity contribution in [1.82, 2.24) is 4.90 Å². The molecule has 2 amide bonds. The summed E-state index contributed by atoms with van der Waals surface area (Å²) in [6, 6.07) is 21.7. The summed E-state index contributed by atoms with van der Waals surface area (Å²) < 4.78 is 16.1. The second kappa shape index (κ2) is 9.48. The van der Waals surface area contributed by atoms with E-state index in [9.17, 15) is 9.59 Å². The van der Waals surface area contributed by atoms with Crippen LogP contribution in [0.4, 0.5) is 5.69 Å². The van der Waals surface area contributed by atoms with Gasteiger partial charge in [0, 0.05) is 17.3 Å². The summed E-state index contributed by atoms with van der Waals surface area (Å²) in [6.45, 7) is 0.0924. The molecule has 1 aliphatic heterocycles. The van der Waals surface area contributed by atoms with Crippen molar-refractivity contribution in [3.8, 4) is 17.2 Å². The predicted molar refractivity (Wildman–Crippen MR) is 125 cm³/mol. The second-order valence-electron chi connectivity index (χ2n) is 7.32. The Morgan fingerprint density at radius 2 is 1.39 bits per heavy atom. The molecule has 0 saturated carbocycles. The lowest BCUT2D eigenvalue weighted by Gasteiger charge is -2.17. The van der Waals surface area contributed by atoms with Crippen LogP contribution in [-0.2, 0) is 16.1 Å². The molecule has 3 aromatic rings. The van der Waals surface area contributed by atoms with Gasteiger partial charge in [-0.25, -0.2) is 0 Å². The standard InChI is InChI=1S/C26H24N2O5/c1-31-20-12-8-7-11-18(20)16-28-25(29)23(17-9-5-4-6-10-17)24(26(28)30)27-19-13-14-21(32-2)22(15-19)33-3/h4-15,27H,16H2,1-3H3. The lowest BCUT2D eigenvalue weighted by atomic mass is 10.0. The Hall–Kier alpha value is -4.26. The molecule has 0 aromatic heterocycles. The normalized spacial score (nSPS) is 13.4. The molecule has 0 unspecified atom stereocenters. The van der Waals surface area contributed by atoms with Gasteiger partial charge in [-0.1, -0.05) is 48.5 Å². The number of rotatable bonds is 8. The fraction of sp³-hybridized carbons (Fsp3) is 0.154. The predicted octanol–water partition coefficient (Wildman–Crippen LogP) is 4.10. The minimum atomic E-state index is -0.417. The van der Waals surface area contributed by atoms with Gasteiger partial charge in [0.05, 0.1) is 33.4 Å². The summed E-state index contributed by atoms with van der Waals surface area (Å²) >= 11 is 0. The highest BCUT2D eigenvalue weighted by molar-refractivity contribution is 6.36. The average Bonchev–Trinajstić information content (AvgIpc) is 3.08. The van der Waals surface area contributed by atoms with Gasteiger partial charge in [0.15, 0.2) is 11.5 Å². The molecule has 168 valence electrons. The number of benzene rings is 3. The van der Waals surface area contributed by atoms with Gasteiger partial charge >= 0.3 is 0 Å². The number of ether oxygens (including phenoxy) is 3. The number of carbonyl (C=O) groups is 2. The van der Waals surface area contributed by atoms with E-state index in [4.69, 9.17) is 14.2 Å². The lowest BCUT2D eigenvalue weighted by molar-refractivity contribution is -0.137. The van der Waals surface area contributed by atoms with Crippen molar-refractivity contribution in [1.29, 1.82) is 0 Å². The zero-order chi connectivity index (χ0) is 23.4. The van der Waals surface area contributed by atoms with E-state index in [1.54, 1.807) is 38.5 Å². The Balaban J connectivity index is 1.74. The van der Waals surface area contributed by atoms with Crippen molar-refractivity contribution < 1.29 is 23.8 Å². The van der Waals surface area contributed by atoms with Gasteiger partial charge in [0.25, 0.3) is 11.8 Å². The molecule has 0 fully saturated rings. The Bertz CT molecular complexity index is 1220. The molecule has 4 rings (SSSR count). The zero-order valence-corrected chi connectivity index (χ0v) is 18.6. The molecule has 0 aliphatic carbocycles. The Labute approximate surface area is 192 Å². The third-order valence-electron chi connectivity index (χ3n) is 5.40. The van der Waals surface area contributed by atoms with E-state index in [0.717, 1.165) is 5.56 Å². The van der Waals surface area contributed by atoms with Crippen LogP contribution in [0.15, 0.2) is 78.5 Å². The number of imide groups is 1. The molecule has 0 bridgehead atoms. The van der Waals surface area contributed by atoms with E-state index in [2.05, 4.69) is 5.32 Å². The summed E-state index contributed by atoms with van der Waals surface area (Å²) in [5, 5.41) is 3.14. The average molecular weight is 444 g/mol. The number of para-hydroxylation sites is 1. The molecule has 0 radical (unpaired) electrons. The number of hydrogen-bond donors (Lipinski definition) is 1. The topological polar surface area (TPSA) is 77.1 Å². The monoisotopic (exact) mass is 444 g/mol. The van der Waals surface area contributed by atoms with Crippen molar-refractivity contribution in [2.75, 3.05) is 26.6 Å². The van der Waals surface area contributed by atoms with Crippen molar-refractivity contribution in [2.45, 2.75) is 6.54 Å². The lowest BCUT2D eigenvalue weighted by Crippen LogP contribution is -2.32. The van der Waals surface area contributed by atoms with Crippen LogP contribution in [0.5, 0.6) is 17.2 Å². The van der Waals surface area contributed by atoms with Gasteiger partial charge in [-0.2, -0.15) is 0 Å². The first-order valence-corrected chi connectivity index (χ1v) is 10.3. The maximum Gasteiger partial charge on any atom is 0.278 e. The molecule has 0 atom stereocenters. The molecule has 1 aliphatic rings. The first-order valence-electron chi connectivity index (χ1n) is 10.3. The van der Waals surface area contributed by atoms with Crippen molar-refractivity contribution in [2.24, 2.45) is 0 Å². The number of carbonyl (C=O) groups excluding carboxylic acids is 2. The smallest absolute Gasteiger partial charge is 0.278 e. The van der Waals surface area contributed by atoms with E-state index in [-0.39, 0.29) is 18.1 Å². The van der Waals surface area contributed by atoms with Gasteiger partial charge in [-0.3, -0.25) is 14.5 Å².